The largest absolute Gasteiger partial charge is 0.311 e. The fourth-order valence-corrected chi connectivity index (χ4v) is 3.53. The zero-order valence-electron chi connectivity index (χ0n) is 11.5. The Morgan fingerprint density at radius 3 is 2.89 bits per heavy atom. The van der Waals surface area contributed by atoms with Crippen LogP contribution >= 0.6 is 0 Å². The van der Waals surface area contributed by atoms with E-state index < -0.39 is 0 Å². The number of rotatable bonds is 3. The highest BCUT2D eigenvalue weighted by Gasteiger charge is 2.29. The molecule has 1 saturated heterocycles. The van der Waals surface area contributed by atoms with Crippen molar-refractivity contribution in [3.8, 4) is 0 Å². The molecule has 2 aliphatic rings. The Balaban J connectivity index is 1.65. The average molecular weight is 247 g/mol. The Bertz CT molecular complexity index is 384. The van der Waals surface area contributed by atoms with Crippen LogP contribution in [0.4, 0.5) is 0 Å². The maximum atomic E-state index is 4.82. The second-order valence-electron chi connectivity index (χ2n) is 6.35. The van der Waals surface area contributed by atoms with Gasteiger partial charge in [-0.2, -0.15) is 5.10 Å². The summed E-state index contributed by atoms with van der Waals surface area (Å²) < 4.78 is 2.23. The summed E-state index contributed by atoms with van der Waals surface area (Å²) in [5, 5.41) is 8.44. The van der Waals surface area contributed by atoms with Crippen molar-refractivity contribution in [2.24, 2.45) is 0 Å². The third kappa shape index (κ3) is 2.61. The van der Waals surface area contributed by atoms with Gasteiger partial charge >= 0.3 is 0 Å². The van der Waals surface area contributed by atoms with Crippen molar-refractivity contribution in [3.05, 3.63) is 18.0 Å². The predicted molar refractivity (Wildman–Crippen MR) is 73.7 cm³/mol. The number of hydrogen-bond acceptors (Lipinski definition) is 2. The Labute approximate surface area is 110 Å². The molecule has 0 amide bonds. The van der Waals surface area contributed by atoms with Gasteiger partial charge in [0.2, 0.25) is 0 Å². The van der Waals surface area contributed by atoms with E-state index in [0.717, 1.165) is 6.42 Å². The third-order valence-electron chi connectivity index (χ3n) is 4.64. The van der Waals surface area contributed by atoms with E-state index in [2.05, 4.69) is 29.2 Å². The molecule has 0 radical (unpaired) electrons. The van der Waals surface area contributed by atoms with E-state index in [1.54, 1.807) is 0 Å². The Morgan fingerprint density at radius 2 is 2.17 bits per heavy atom. The van der Waals surface area contributed by atoms with Gasteiger partial charge in [0.05, 0.1) is 11.7 Å². The van der Waals surface area contributed by atoms with E-state index in [1.807, 2.05) is 0 Å². The van der Waals surface area contributed by atoms with Gasteiger partial charge < -0.3 is 5.32 Å². The summed E-state index contributed by atoms with van der Waals surface area (Å²) >= 11 is 0. The first-order valence-corrected chi connectivity index (χ1v) is 7.54. The highest BCUT2D eigenvalue weighted by molar-refractivity contribution is 5.07. The number of nitrogens with one attached hydrogen (secondary N) is 1. The van der Waals surface area contributed by atoms with Gasteiger partial charge in [-0.3, -0.25) is 4.68 Å². The molecule has 1 atom stereocenters. The molecule has 1 aliphatic heterocycles. The summed E-state index contributed by atoms with van der Waals surface area (Å²) in [6.07, 6.45) is 12.7. The van der Waals surface area contributed by atoms with Crippen LogP contribution in [0.2, 0.25) is 0 Å². The monoisotopic (exact) mass is 247 g/mol. The van der Waals surface area contributed by atoms with Crippen LogP contribution in [0, 0.1) is 0 Å². The highest BCUT2D eigenvalue weighted by Crippen LogP contribution is 2.28. The lowest BCUT2D eigenvalue weighted by atomic mass is 9.94. The zero-order chi connectivity index (χ0) is 12.4. The summed E-state index contributed by atoms with van der Waals surface area (Å²) in [5.74, 6) is 0. The molecule has 1 aliphatic carbocycles. The van der Waals surface area contributed by atoms with Crippen molar-refractivity contribution in [2.75, 3.05) is 6.54 Å². The Morgan fingerprint density at radius 1 is 1.33 bits per heavy atom. The van der Waals surface area contributed by atoms with E-state index >= 15 is 0 Å². The maximum absolute atomic E-state index is 4.82. The van der Waals surface area contributed by atoms with Crippen LogP contribution in [0.1, 0.15) is 63.6 Å². The predicted octanol–water partition coefficient (Wildman–Crippen LogP) is 3.07. The summed E-state index contributed by atoms with van der Waals surface area (Å²) in [4.78, 5) is 0. The molecule has 2 heterocycles. The second-order valence-corrected chi connectivity index (χ2v) is 6.35. The highest BCUT2D eigenvalue weighted by atomic mass is 15.3. The van der Waals surface area contributed by atoms with Crippen LogP contribution in [-0.4, -0.2) is 21.9 Å². The van der Waals surface area contributed by atoms with E-state index in [-0.39, 0.29) is 5.54 Å². The number of aromatic nitrogens is 2. The van der Waals surface area contributed by atoms with Crippen molar-refractivity contribution in [1.29, 1.82) is 0 Å². The van der Waals surface area contributed by atoms with Crippen LogP contribution in [-0.2, 0) is 6.42 Å². The lowest BCUT2D eigenvalue weighted by Crippen LogP contribution is -2.38. The number of hydrogen-bond donors (Lipinski definition) is 1. The lowest BCUT2D eigenvalue weighted by molar-refractivity contribution is 0.325. The van der Waals surface area contributed by atoms with Crippen molar-refractivity contribution in [2.45, 2.75) is 69.9 Å². The average Bonchev–Trinajstić information content (AvgIpc) is 3.00. The van der Waals surface area contributed by atoms with Gasteiger partial charge in [0.1, 0.15) is 0 Å². The summed E-state index contributed by atoms with van der Waals surface area (Å²) in [7, 11) is 0. The van der Waals surface area contributed by atoms with Gasteiger partial charge in [-0.05, 0) is 45.2 Å². The van der Waals surface area contributed by atoms with Gasteiger partial charge in [0.25, 0.3) is 0 Å². The van der Waals surface area contributed by atoms with Gasteiger partial charge in [0.15, 0.2) is 0 Å². The summed E-state index contributed by atoms with van der Waals surface area (Å²) in [5.41, 5.74) is 1.55. The molecular formula is C15H25N3. The molecule has 1 N–H and O–H groups in total. The van der Waals surface area contributed by atoms with E-state index in [0.29, 0.717) is 6.04 Å². The molecule has 3 heteroatoms. The van der Waals surface area contributed by atoms with Crippen molar-refractivity contribution >= 4 is 0 Å². The topological polar surface area (TPSA) is 29.9 Å². The van der Waals surface area contributed by atoms with Gasteiger partial charge in [-0.15, -0.1) is 0 Å². The molecule has 1 unspecified atom stereocenters. The molecule has 1 aromatic rings. The quantitative estimate of drug-likeness (QED) is 0.889. The molecular weight excluding hydrogens is 222 g/mol. The van der Waals surface area contributed by atoms with Crippen molar-refractivity contribution in [1.82, 2.24) is 15.1 Å². The fraction of sp³-hybridized carbons (Fsp3) is 0.800. The van der Waals surface area contributed by atoms with Gasteiger partial charge in [-0.1, -0.05) is 19.3 Å². The molecule has 3 nitrogen and oxygen atoms in total. The minimum atomic E-state index is 0.283. The third-order valence-corrected chi connectivity index (χ3v) is 4.64. The molecule has 0 spiro atoms. The first kappa shape index (κ1) is 12.2. The Hall–Kier alpha value is -0.830. The molecule has 18 heavy (non-hydrogen) atoms. The van der Waals surface area contributed by atoms with Crippen molar-refractivity contribution < 1.29 is 0 Å². The molecule has 2 fully saturated rings. The first-order chi connectivity index (χ1) is 8.75. The summed E-state index contributed by atoms with van der Waals surface area (Å²) in [6, 6.07) is 2.89. The molecule has 0 aromatic carbocycles. The van der Waals surface area contributed by atoms with Gasteiger partial charge in [0, 0.05) is 18.2 Å². The van der Waals surface area contributed by atoms with Crippen LogP contribution < -0.4 is 5.32 Å². The smallest absolute Gasteiger partial charge is 0.0642 e. The van der Waals surface area contributed by atoms with Crippen molar-refractivity contribution in [3.63, 3.8) is 0 Å². The Kier molecular flexibility index (Phi) is 3.42. The molecule has 1 saturated carbocycles. The SMILES string of the molecule is CC1(Cc2ccn(C3CCCCC3)n2)CCCN1. The standard InChI is InChI=1S/C15H25N3/c1-15(9-5-10-16-15)12-13-8-11-18(17-13)14-6-3-2-4-7-14/h8,11,14,16H,2-7,9-10,12H2,1H3. The molecule has 1 aromatic heterocycles. The van der Waals surface area contributed by atoms with Crippen LogP contribution in [0.3, 0.4) is 0 Å². The summed E-state index contributed by atoms with van der Waals surface area (Å²) in [6.45, 7) is 3.50. The lowest BCUT2D eigenvalue weighted by Gasteiger charge is -2.24. The van der Waals surface area contributed by atoms with E-state index in [1.165, 1.54) is 57.2 Å². The van der Waals surface area contributed by atoms with Crippen LogP contribution in [0.15, 0.2) is 12.3 Å². The zero-order valence-corrected chi connectivity index (χ0v) is 11.5. The van der Waals surface area contributed by atoms with E-state index in [4.69, 9.17) is 5.10 Å². The first-order valence-electron chi connectivity index (χ1n) is 7.54. The number of nitrogens with zero attached hydrogens (tertiary/aromatic N) is 2. The molecule has 100 valence electrons. The molecule has 3 rings (SSSR count). The van der Waals surface area contributed by atoms with E-state index in [9.17, 15) is 0 Å². The van der Waals surface area contributed by atoms with Gasteiger partial charge in [-0.25, -0.2) is 0 Å². The minimum absolute atomic E-state index is 0.283. The normalized spacial score (nSPS) is 29.8. The molecule has 0 bridgehead atoms. The fourth-order valence-electron chi connectivity index (χ4n) is 3.53. The second kappa shape index (κ2) is 5.04. The minimum Gasteiger partial charge on any atom is -0.311 e. The van der Waals surface area contributed by atoms with Crippen LogP contribution in [0.25, 0.3) is 0 Å². The van der Waals surface area contributed by atoms with Crippen LogP contribution in [0.5, 0.6) is 0 Å². The maximum Gasteiger partial charge on any atom is 0.0642 e.